The Morgan fingerprint density at radius 3 is 2.50 bits per heavy atom. The lowest BCUT2D eigenvalue weighted by Crippen LogP contribution is -2.06. The van der Waals surface area contributed by atoms with E-state index in [1.807, 2.05) is 30.3 Å². The number of nitrogens with one attached hydrogen (secondary N) is 1. The van der Waals surface area contributed by atoms with E-state index in [1.54, 1.807) is 13.0 Å². The van der Waals surface area contributed by atoms with Crippen LogP contribution in [0.5, 0.6) is 23.5 Å². The predicted molar refractivity (Wildman–Crippen MR) is 78.2 cm³/mol. The summed E-state index contributed by atoms with van der Waals surface area (Å²) in [5.41, 5.74) is 0.367. The van der Waals surface area contributed by atoms with Crippen LogP contribution in [0, 0.1) is 6.92 Å². The molecule has 0 amide bonds. The lowest BCUT2D eigenvalue weighted by atomic mass is 10.3. The molecule has 0 bridgehead atoms. The van der Waals surface area contributed by atoms with Crippen molar-refractivity contribution in [2.45, 2.75) is 6.92 Å². The number of H-pyrrole nitrogens is 1. The maximum Gasteiger partial charge on any atom is 0.326 e. The molecule has 0 aliphatic heterocycles. The highest BCUT2D eigenvalue weighted by molar-refractivity contribution is 5.28. The van der Waals surface area contributed by atoms with Gasteiger partial charge in [0.15, 0.2) is 0 Å². The summed E-state index contributed by atoms with van der Waals surface area (Å²) < 4.78 is 11.1. The van der Waals surface area contributed by atoms with Gasteiger partial charge in [-0.2, -0.15) is 9.97 Å². The van der Waals surface area contributed by atoms with Crippen molar-refractivity contribution in [1.82, 2.24) is 20.2 Å². The van der Waals surface area contributed by atoms with Crippen LogP contribution < -0.4 is 15.0 Å². The topological polar surface area (TPSA) is 90.0 Å². The molecule has 0 radical (unpaired) electrons. The third kappa shape index (κ3) is 3.45. The van der Waals surface area contributed by atoms with E-state index in [9.17, 15) is 4.79 Å². The highest BCUT2D eigenvalue weighted by Gasteiger charge is 2.07. The number of benzene rings is 1. The van der Waals surface area contributed by atoms with Crippen molar-refractivity contribution in [3.05, 3.63) is 64.6 Å². The van der Waals surface area contributed by atoms with Gasteiger partial charge < -0.3 is 9.47 Å². The number of aromatic amines is 1. The largest absolute Gasteiger partial charge is 0.439 e. The van der Waals surface area contributed by atoms with Crippen LogP contribution >= 0.6 is 0 Å². The van der Waals surface area contributed by atoms with E-state index in [4.69, 9.17) is 9.47 Å². The van der Waals surface area contributed by atoms with Crippen LogP contribution in [0.4, 0.5) is 0 Å². The highest BCUT2D eigenvalue weighted by atomic mass is 16.5. The third-order valence-electron chi connectivity index (χ3n) is 2.63. The zero-order chi connectivity index (χ0) is 15.4. The maximum atomic E-state index is 11.0. The van der Waals surface area contributed by atoms with E-state index >= 15 is 0 Å². The minimum atomic E-state index is -0.314. The van der Waals surface area contributed by atoms with Crippen molar-refractivity contribution in [3.63, 3.8) is 0 Å². The smallest absolute Gasteiger partial charge is 0.326 e. The Bertz CT molecular complexity index is 813. The fourth-order valence-corrected chi connectivity index (χ4v) is 1.70. The number of rotatable bonds is 4. The summed E-state index contributed by atoms with van der Waals surface area (Å²) >= 11 is 0. The third-order valence-corrected chi connectivity index (χ3v) is 2.63. The van der Waals surface area contributed by atoms with E-state index in [0.717, 1.165) is 0 Å². The van der Waals surface area contributed by atoms with Gasteiger partial charge in [0.1, 0.15) is 5.75 Å². The number of hydrogen-bond donors (Lipinski definition) is 1. The molecule has 3 aromatic rings. The van der Waals surface area contributed by atoms with Gasteiger partial charge >= 0.3 is 6.01 Å². The molecule has 7 heteroatoms. The van der Waals surface area contributed by atoms with Crippen LogP contribution in [0.25, 0.3) is 0 Å². The lowest BCUT2D eigenvalue weighted by Gasteiger charge is -2.07. The SMILES string of the molecule is Cc1cc(Oc2ccccc2)nc(Oc2ccc(=O)[nH]n2)n1. The second-order valence-electron chi connectivity index (χ2n) is 4.41. The fourth-order valence-electron chi connectivity index (χ4n) is 1.70. The van der Waals surface area contributed by atoms with Gasteiger partial charge in [-0.3, -0.25) is 4.79 Å². The van der Waals surface area contributed by atoms with Gasteiger partial charge in [-0.1, -0.05) is 18.2 Å². The van der Waals surface area contributed by atoms with Crippen molar-refractivity contribution >= 4 is 0 Å². The van der Waals surface area contributed by atoms with Crippen molar-refractivity contribution in [2.75, 3.05) is 0 Å². The zero-order valence-electron chi connectivity index (χ0n) is 11.7. The van der Waals surface area contributed by atoms with E-state index < -0.39 is 0 Å². The quantitative estimate of drug-likeness (QED) is 0.795. The van der Waals surface area contributed by atoms with Crippen molar-refractivity contribution < 1.29 is 9.47 Å². The number of hydrogen-bond acceptors (Lipinski definition) is 6. The Balaban J connectivity index is 1.83. The van der Waals surface area contributed by atoms with Crippen LogP contribution in [-0.4, -0.2) is 20.2 Å². The van der Waals surface area contributed by atoms with Gasteiger partial charge in [0.05, 0.1) is 0 Å². The van der Waals surface area contributed by atoms with E-state index in [-0.39, 0.29) is 17.4 Å². The second-order valence-corrected chi connectivity index (χ2v) is 4.41. The summed E-state index contributed by atoms with van der Waals surface area (Å²) in [6.45, 7) is 1.80. The molecular weight excluding hydrogens is 284 g/mol. The van der Waals surface area contributed by atoms with Crippen LogP contribution in [0.2, 0.25) is 0 Å². The Morgan fingerprint density at radius 1 is 0.955 bits per heavy atom. The molecular formula is C15H12N4O3. The van der Waals surface area contributed by atoms with Gasteiger partial charge in [0.2, 0.25) is 11.8 Å². The molecule has 0 atom stereocenters. The summed E-state index contributed by atoms with van der Waals surface area (Å²) in [5.74, 6) is 1.21. The fraction of sp³-hybridized carbons (Fsp3) is 0.0667. The number of ether oxygens (including phenoxy) is 2. The van der Waals surface area contributed by atoms with Crippen LogP contribution in [0.15, 0.2) is 53.3 Å². The molecule has 22 heavy (non-hydrogen) atoms. The number of para-hydroxylation sites is 1. The summed E-state index contributed by atoms with van der Waals surface area (Å²) in [4.78, 5) is 19.3. The monoisotopic (exact) mass is 296 g/mol. The Hall–Kier alpha value is -3.22. The molecule has 0 fully saturated rings. The molecule has 2 aromatic heterocycles. The minimum absolute atomic E-state index is 0.0884. The minimum Gasteiger partial charge on any atom is -0.439 e. The Labute approximate surface area is 125 Å². The summed E-state index contributed by atoms with van der Waals surface area (Å²) in [6, 6.07) is 13.8. The molecule has 7 nitrogen and oxygen atoms in total. The van der Waals surface area contributed by atoms with Gasteiger partial charge in [0.25, 0.3) is 5.56 Å². The van der Waals surface area contributed by atoms with Crippen LogP contribution in [-0.2, 0) is 0 Å². The van der Waals surface area contributed by atoms with Crippen molar-refractivity contribution in [1.29, 1.82) is 0 Å². The molecule has 0 spiro atoms. The summed E-state index contributed by atoms with van der Waals surface area (Å²) in [6.07, 6.45) is 0. The molecule has 0 unspecified atom stereocenters. The summed E-state index contributed by atoms with van der Waals surface area (Å²) in [5, 5.41) is 6.01. The zero-order valence-corrected chi connectivity index (χ0v) is 11.7. The second kappa shape index (κ2) is 6.04. The average Bonchev–Trinajstić information content (AvgIpc) is 2.50. The van der Waals surface area contributed by atoms with Gasteiger partial charge in [0, 0.05) is 23.9 Å². The van der Waals surface area contributed by atoms with Crippen LogP contribution in [0.1, 0.15) is 5.69 Å². The predicted octanol–water partition coefficient (Wildman–Crippen LogP) is 2.45. The first-order chi connectivity index (χ1) is 10.7. The average molecular weight is 296 g/mol. The van der Waals surface area contributed by atoms with Crippen molar-refractivity contribution in [2.24, 2.45) is 0 Å². The first kappa shape index (κ1) is 13.7. The number of nitrogens with zero attached hydrogens (tertiary/aromatic N) is 3. The molecule has 0 saturated carbocycles. The van der Waals surface area contributed by atoms with Crippen LogP contribution in [0.3, 0.4) is 0 Å². The molecule has 2 heterocycles. The molecule has 0 aliphatic rings. The highest BCUT2D eigenvalue weighted by Crippen LogP contribution is 2.22. The lowest BCUT2D eigenvalue weighted by molar-refractivity contribution is 0.395. The first-order valence-corrected chi connectivity index (χ1v) is 6.51. The molecule has 110 valence electrons. The molecule has 0 aliphatic carbocycles. The number of aromatic nitrogens is 4. The molecule has 3 rings (SSSR count). The standard InChI is InChI=1S/C15H12N4O3/c1-10-9-14(21-11-5-3-2-4-6-11)17-15(16-10)22-13-8-7-12(20)18-19-13/h2-9H,1H3,(H,18,20). The van der Waals surface area contributed by atoms with E-state index in [1.165, 1.54) is 12.1 Å². The molecule has 0 saturated heterocycles. The van der Waals surface area contributed by atoms with Gasteiger partial charge in [-0.15, -0.1) is 5.10 Å². The maximum absolute atomic E-state index is 11.0. The first-order valence-electron chi connectivity index (χ1n) is 6.51. The van der Waals surface area contributed by atoms with E-state index in [0.29, 0.717) is 17.3 Å². The Kier molecular flexibility index (Phi) is 3.78. The normalized spacial score (nSPS) is 10.2. The summed E-state index contributed by atoms with van der Waals surface area (Å²) in [7, 11) is 0. The van der Waals surface area contributed by atoms with E-state index in [2.05, 4.69) is 20.2 Å². The molecule has 1 aromatic carbocycles. The van der Waals surface area contributed by atoms with Gasteiger partial charge in [-0.25, -0.2) is 5.10 Å². The molecule has 1 N–H and O–H groups in total. The van der Waals surface area contributed by atoms with Gasteiger partial charge in [-0.05, 0) is 19.1 Å². The number of aryl methyl sites for hydroxylation is 1. The van der Waals surface area contributed by atoms with Crippen molar-refractivity contribution in [3.8, 4) is 23.5 Å². The Morgan fingerprint density at radius 2 is 1.77 bits per heavy atom.